The number of halogens is 4. The Hall–Kier alpha value is 0.0400. The van der Waals surface area contributed by atoms with Gasteiger partial charge in [0.1, 0.15) is 0 Å². The van der Waals surface area contributed by atoms with Crippen molar-refractivity contribution in [2.24, 2.45) is 0 Å². The van der Waals surface area contributed by atoms with Crippen molar-refractivity contribution in [2.75, 3.05) is 0 Å². The first-order valence-corrected chi connectivity index (χ1v) is 5.41. The molecule has 1 aliphatic rings. The summed E-state index contributed by atoms with van der Waals surface area (Å²) in [7, 11) is 0. The molecule has 1 aromatic carbocycles. The van der Waals surface area contributed by atoms with Crippen LogP contribution in [0.3, 0.4) is 0 Å². The van der Waals surface area contributed by atoms with E-state index in [1.807, 2.05) is 6.07 Å². The zero-order valence-corrected chi connectivity index (χ0v) is 9.70. The molecule has 0 aliphatic heterocycles. The van der Waals surface area contributed by atoms with Gasteiger partial charge in [0.2, 0.25) is 0 Å². The van der Waals surface area contributed by atoms with Gasteiger partial charge in [-0.05, 0) is 23.8 Å². The third kappa shape index (κ3) is 1.94. The highest BCUT2D eigenvalue weighted by Gasteiger charge is 2.57. The lowest BCUT2D eigenvalue weighted by molar-refractivity contribution is 0.112. The van der Waals surface area contributed by atoms with Crippen molar-refractivity contribution in [2.45, 2.75) is 18.3 Å². The first-order valence-electron chi connectivity index (χ1n) is 3.83. The first-order chi connectivity index (χ1) is 5.99. The van der Waals surface area contributed by atoms with E-state index in [1.165, 1.54) is 0 Å². The first kappa shape index (κ1) is 9.59. The second-order valence-corrected chi connectivity index (χ2v) is 5.05. The minimum absolute atomic E-state index is 0.0180. The van der Waals surface area contributed by atoms with Crippen molar-refractivity contribution in [3.05, 3.63) is 32.7 Å². The lowest BCUT2D eigenvalue weighted by Gasteiger charge is -2.01. The Labute approximate surface area is 91.6 Å². The average Bonchev–Trinajstić information content (AvgIpc) is 2.57. The predicted molar refractivity (Wildman–Crippen MR) is 54.1 cm³/mol. The van der Waals surface area contributed by atoms with Crippen LogP contribution in [0.4, 0.5) is 8.78 Å². The molecule has 1 unspecified atom stereocenters. The van der Waals surface area contributed by atoms with E-state index in [2.05, 4.69) is 31.9 Å². The Bertz CT molecular complexity index is 329. The van der Waals surface area contributed by atoms with Gasteiger partial charge in [0, 0.05) is 15.4 Å². The van der Waals surface area contributed by atoms with Crippen molar-refractivity contribution in [1.82, 2.24) is 0 Å². The van der Waals surface area contributed by atoms with E-state index >= 15 is 0 Å². The summed E-state index contributed by atoms with van der Waals surface area (Å²) in [4.78, 5) is 0. The molecule has 0 spiro atoms. The molecule has 0 bridgehead atoms. The van der Waals surface area contributed by atoms with Gasteiger partial charge in [-0.25, -0.2) is 8.78 Å². The van der Waals surface area contributed by atoms with E-state index in [9.17, 15) is 8.78 Å². The van der Waals surface area contributed by atoms with E-state index in [0.717, 1.165) is 8.95 Å². The summed E-state index contributed by atoms with van der Waals surface area (Å²) in [6.45, 7) is 0. The summed E-state index contributed by atoms with van der Waals surface area (Å²) in [6, 6.07) is 5.33. The molecular formula is C9H6Br2F2. The number of rotatable bonds is 1. The average molecular weight is 312 g/mol. The molecule has 0 heterocycles. The van der Waals surface area contributed by atoms with Crippen LogP contribution in [0.25, 0.3) is 0 Å². The van der Waals surface area contributed by atoms with Crippen molar-refractivity contribution >= 4 is 31.9 Å². The van der Waals surface area contributed by atoms with Gasteiger partial charge >= 0.3 is 0 Å². The van der Waals surface area contributed by atoms with Crippen molar-refractivity contribution in [3.63, 3.8) is 0 Å². The van der Waals surface area contributed by atoms with E-state index in [-0.39, 0.29) is 6.42 Å². The zero-order chi connectivity index (χ0) is 9.64. The molecule has 1 atom stereocenters. The fraction of sp³-hybridized carbons (Fsp3) is 0.333. The Morgan fingerprint density at radius 1 is 1.15 bits per heavy atom. The third-order valence-electron chi connectivity index (χ3n) is 2.11. The molecule has 2 rings (SSSR count). The van der Waals surface area contributed by atoms with Crippen LogP contribution in [0.2, 0.25) is 0 Å². The van der Waals surface area contributed by atoms with Crippen molar-refractivity contribution in [1.29, 1.82) is 0 Å². The minimum atomic E-state index is -2.49. The predicted octanol–water partition coefficient (Wildman–Crippen LogP) is 4.33. The number of hydrogen-bond donors (Lipinski definition) is 0. The van der Waals surface area contributed by atoms with Gasteiger partial charge in [-0.2, -0.15) is 0 Å². The minimum Gasteiger partial charge on any atom is -0.206 e. The number of hydrogen-bond acceptors (Lipinski definition) is 0. The summed E-state index contributed by atoms with van der Waals surface area (Å²) in [6.07, 6.45) is -0.0180. The Kier molecular flexibility index (Phi) is 2.23. The van der Waals surface area contributed by atoms with Gasteiger partial charge in [-0.1, -0.05) is 31.9 Å². The van der Waals surface area contributed by atoms with Crippen molar-refractivity contribution < 1.29 is 8.78 Å². The maximum atomic E-state index is 12.7. The molecule has 0 aromatic heterocycles. The van der Waals surface area contributed by atoms with Gasteiger partial charge in [0.05, 0.1) is 5.92 Å². The second kappa shape index (κ2) is 3.02. The zero-order valence-electron chi connectivity index (χ0n) is 6.53. The normalized spacial score (nSPS) is 24.5. The Morgan fingerprint density at radius 2 is 1.62 bits per heavy atom. The monoisotopic (exact) mass is 310 g/mol. The summed E-state index contributed by atoms with van der Waals surface area (Å²) in [5.41, 5.74) is 0.700. The fourth-order valence-corrected chi connectivity index (χ4v) is 2.68. The van der Waals surface area contributed by atoms with Crippen LogP contribution >= 0.6 is 31.9 Å². The van der Waals surface area contributed by atoms with Gasteiger partial charge in [0.15, 0.2) is 0 Å². The summed E-state index contributed by atoms with van der Waals surface area (Å²) in [5.74, 6) is -3.07. The van der Waals surface area contributed by atoms with E-state index < -0.39 is 11.8 Å². The molecule has 1 saturated carbocycles. The molecule has 0 nitrogen and oxygen atoms in total. The molecule has 1 fully saturated rings. The smallest absolute Gasteiger partial charge is 0.206 e. The SMILES string of the molecule is FC1(F)CC1c1cc(Br)cc(Br)c1. The highest BCUT2D eigenvalue weighted by molar-refractivity contribution is 9.11. The summed E-state index contributed by atoms with van der Waals surface area (Å²) < 4.78 is 27.1. The van der Waals surface area contributed by atoms with Crippen LogP contribution in [-0.2, 0) is 0 Å². The van der Waals surface area contributed by atoms with Crippen LogP contribution < -0.4 is 0 Å². The van der Waals surface area contributed by atoms with Crippen molar-refractivity contribution in [3.8, 4) is 0 Å². The topological polar surface area (TPSA) is 0 Å². The van der Waals surface area contributed by atoms with Gasteiger partial charge in [-0.3, -0.25) is 0 Å². The van der Waals surface area contributed by atoms with Crippen LogP contribution in [-0.4, -0.2) is 5.92 Å². The van der Waals surface area contributed by atoms with E-state index in [4.69, 9.17) is 0 Å². The molecular weight excluding hydrogens is 306 g/mol. The maximum Gasteiger partial charge on any atom is 0.255 e. The molecule has 4 heteroatoms. The van der Waals surface area contributed by atoms with Crippen LogP contribution in [0.15, 0.2) is 27.1 Å². The maximum absolute atomic E-state index is 12.7. The lowest BCUT2D eigenvalue weighted by atomic mass is 10.1. The molecule has 1 aromatic rings. The largest absolute Gasteiger partial charge is 0.255 e. The number of benzene rings is 1. The highest BCUT2D eigenvalue weighted by atomic mass is 79.9. The molecule has 0 radical (unpaired) electrons. The van der Waals surface area contributed by atoms with Crippen LogP contribution in [0.1, 0.15) is 17.9 Å². The molecule has 13 heavy (non-hydrogen) atoms. The van der Waals surface area contributed by atoms with E-state index in [1.54, 1.807) is 12.1 Å². The van der Waals surface area contributed by atoms with Gasteiger partial charge in [-0.15, -0.1) is 0 Å². The third-order valence-corrected chi connectivity index (χ3v) is 3.03. The lowest BCUT2D eigenvalue weighted by Crippen LogP contribution is -1.92. The second-order valence-electron chi connectivity index (χ2n) is 3.22. The molecule has 0 amide bonds. The van der Waals surface area contributed by atoms with Crippen LogP contribution in [0, 0.1) is 0 Å². The Balaban J connectivity index is 2.32. The van der Waals surface area contributed by atoms with Gasteiger partial charge < -0.3 is 0 Å². The fourth-order valence-electron chi connectivity index (χ4n) is 1.35. The quantitative estimate of drug-likeness (QED) is 0.724. The van der Waals surface area contributed by atoms with Crippen LogP contribution in [0.5, 0.6) is 0 Å². The summed E-state index contributed by atoms with van der Waals surface area (Å²) >= 11 is 6.54. The number of alkyl halides is 2. The highest BCUT2D eigenvalue weighted by Crippen LogP contribution is 2.56. The van der Waals surface area contributed by atoms with Gasteiger partial charge in [0.25, 0.3) is 5.92 Å². The standard InChI is InChI=1S/C9H6Br2F2/c10-6-1-5(2-7(11)3-6)8-4-9(8,12)13/h1-3,8H,4H2. The molecule has 0 saturated heterocycles. The molecule has 70 valence electrons. The Morgan fingerprint density at radius 3 is 2.00 bits per heavy atom. The molecule has 1 aliphatic carbocycles. The van der Waals surface area contributed by atoms with E-state index in [0.29, 0.717) is 5.56 Å². The molecule has 0 N–H and O–H groups in total. The summed E-state index contributed by atoms with van der Waals surface area (Å²) in [5, 5.41) is 0.